The van der Waals surface area contributed by atoms with Crippen LogP contribution in [0.3, 0.4) is 0 Å². The van der Waals surface area contributed by atoms with Gasteiger partial charge in [0.1, 0.15) is 0 Å². The molecular weight excluding hydrogens is 480 g/mol. The molecule has 2 rings (SSSR count). The largest absolute Gasteiger partial charge is 0.668 e. The maximum atomic E-state index is 12.1. The SMILES string of the molecule is CCCCCCC[C@H](O)CCCCCC[C@H](C(=O)O)[C@H](O)C[C@@H](CNC)[C@@]1(O)CCC[C@H]1Cc1ccc[n-]1. The van der Waals surface area contributed by atoms with Crippen LogP contribution in [0.2, 0.25) is 0 Å². The second-order valence-corrected chi connectivity index (χ2v) is 11.8. The maximum absolute atomic E-state index is 12.1. The fourth-order valence-corrected chi connectivity index (χ4v) is 6.48. The molecule has 1 aromatic heterocycles. The first-order chi connectivity index (χ1) is 18.3. The molecule has 38 heavy (non-hydrogen) atoms. The number of hydrogen-bond donors (Lipinski definition) is 5. The summed E-state index contributed by atoms with van der Waals surface area (Å²) in [4.78, 5) is 16.4. The average molecular weight is 536 g/mol. The van der Waals surface area contributed by atoms with E-state index in [1.165, 1.54) is 25.7 Å². The standard InChI is InChI=1S/C31H55N2O5/c1-3-4-5-6-9-16-27(34)17-10-7-8-11-18-28(30(36)37)29(35)22-25(23-32-2)31(38)19-12-14-24(31)21-26-15-13-20-33-26/h13,15,20,24-25,27-29,32,34-35,38H,3-12,14,16-19,21-23H2,1-2H3,(H,36,37)/q-1/t24-,25-,27-,28-,29+,31+/m0/s1. The summed E-state index contributed by atoms with van der Waals surface area (Å²) in [7, 11) is 1.84. The van der Waals surface area contributed by atoms with Crippen molar-refractivity contribution in [3.8, 4) is 0 Å². The van der Waals surface area contributed by atoms with Gasteiger partial charge in [0.05, 0.1) is 23.7 Å². The molecule has 0 bridgehead atoms. The molecule has 6 atom stereocenters. The lowest BCUT2D eigenvalue weighted by molar-refractivity contribution is -0.147. The monoisotopic (exact) mass is 535 g/mol. The van der Waals surface area contributed by atoms with Gasteiger partial charge in [0.15, 0.2) is 0 Å². The lowest BCUT2D eigenvalue weighted by atomic mass is 9.73. The Hall–Kier alpha value is -1.41. The van der Waals surface area contributed by atoms with Crippen LogP contribution in [-0.4, -0.2) is 57.8 Å². The van der Waals surface area contributed by atoms with Gasteiger partial charge in [-0.2, -0.15) is 11.9 Å². The van der Waals surface area contributed by atoms with Crippen LogP contribution in [0.25, 0.3) is 0 Å². The highest BCUT2D eigenvalue weighted by atomic mass is 16.4. The molecule has 0 radical (unpaired) electrons. The summed E-state index contributed by atoms with van der Waals surface area (Å²) < 4.78 is 0. The van der Waals surface area contributed by atoms with E-state index < -0.39 is 23.6 Å². The molecule has 0 spiro atoms. The lowest BCUT2D eigenvalue weighted by Crippen LogP contribution is -2.48. The highest BCUT2D eigenvalue weighted by Gasteiger charge is 2.47. The third-order valence-electron chi connectivity index (χ3n) is 8.82. The maximum Gasteiger partial charge on any atom is 0.309 e. The van der Waals surface area contributed by atoms with Gasteiger partial charge in [-0.25, -0.2) is 0 Å². The van der Waals surface area contributed by atoms with Crippen molar-refractivity contribution in [3.63, 3.8) is 0 Å². The van der Waals surface area contributed by atoms with Crippen LogP contribution < -0.4 is 10.3 Å². The van der Waals surface area contributed by atoms with Crippen LogP contribution >= 0.6 is 0 Å². The number of nitrogens with zero attached hydrogens (tertiary/aromatic N) is 1. The third kappa shape index (κ3) is 11.0. The number of aromatic nitrogens is 1. The molecule has 7 nitrogen and oxygen atoms in total. The van der Waals surface area contributed by atoms with Crippen LogP contribution in [0.5, 0.6) is 0 Å². The van der Waals surface area contributed by atoms with Crippen molar-refractivity contribution in [3.05, 3.63) is 24.0 Å². The lowest BCUT2D eigenvalue weighted by Gasteiger charge is -2.40. The van der Waals surface area contributed by atoms with Crippen LogP contribution in [0.1, 0.15) is 115 Å². The number of rotatable bonds is 22. The fourth-order valence-electron chi connectivity index (χ4n) is 6.48. The zero-order chi connectivity index (χ0) is 27.8. The summed E-state index contributed by atoms with van der Waals surface area (Å²) in [6.07, 6.45) is 15.7. The Labute approximate surface area is 230 Å². The van der Waals surface area contributed by atoms with E-state index in [2.05, 4.69) is 17.2 Å². The predicted molar refractivity (Wildman–Crippen MR) is 152 cm³/mol. The minimum absolute atomic E-state index is 0.0536. The van der Waals surface area contributed by atoms with Gasteiger partial charge >= 0.3 is 5.97 Å². The number of carboxylic acids is 1. The molecule has 0 unspecified atom stereocenters. The van der Waals surface area contributed by atoms with E-state index in [1.54, 1.807) is 6.20 Å². The molecule has 1 aromatic rings. The first kappa shape index (κ1) is 32.8. The molecule has 0 aliphatic heterocycles. The number of aliphatic hydroxyl groups excluding tert-OH is 2. The number of carboxylic acid groups (broad SMARTS) is 1. The number of aliphatic carboxylic acids is 1. The number of aliphatic hydroxyl groups is 3. The molecule has 1 fully saturated rings. The van der Waals surface area contributed by atoms with Crippen molar-refractivity contribution in [2.24, 2.45) is 17.8 Å². The highest BCUT2D eigenvalue weighted by Crippen LogP contribution is 2.44. The summed E-state index contributed by atoms with van der Waals surface area (Å²) in [6, 6.07) is 3.89. The van der Waals surface area contributed by atoms with Gasteiger partial charge in [-0.1, -0.05) is 83.3 Å². The third-order valence-corrected chi connectivity index (χ3v) is 8.82. The van der Waals surface area contributed by atoms with Gasteiger partial charge in [-0.15, -0.1) is 0 Å². The Morgan fingerprint density at radius 3 is 2.32 bits per heavy atom. The second kappa shape index (κ2) is 18.0. The molecule has 7 heteroatoms. The van der Waals surface area contributed by atoms with E-state index >= 15 is 0 Å². The molecule has 0 saturated heterocycles. The van der Waals surface area contributed by atoms with Gasteiger partial charge in [0, 0.05) is 12.5 Å². The molecule has 1 saturated carbocycles. The topological polar surface area (TPSA) is 124 Å². The zero-order valence-corrected chi connectivity index (χ0v) is 24.0. The first-order valence-electron chi connectivity index (χ1n) is 15.3. The number of hydrogen-bond acceptors (Lipinski definition) is 5. The molecular formula is C31H55N2O5-. The first-order valence-corrected chi connectivity index (χ1v) is 15.3. The van der Waals surface area contributed by atoms with E-state index in [0.29, 0.717) is 25.8 Å². The van der Waals surface area contributed by atoms with Crippen molar-refractivity contribution in [1.82, 2.24) is 10.3 Å². The molecule has 220 valence electrons. The van der Waals surface area contributed by atoms with Gasteiger partial charge < -0.3 is 30.7 Å². The Morgan fingerprint density at radius 2 is 1.74 bits per heavy atom. The smallest absolute Gasteiger partial charge is 0.309 e. The van der Waals surface area contributed by atoms with E-state index in [4.69, 9.17) is 0 Å². The van der Waals surface area contributed by atoms with E-state index in [9.17, 15) is 25.2 Å². The molecule has 1 heterocycles. The Bertz CT molecular complexity index is 743. The fraction of sp³-hybridized carbons (Fsp3) is 0.839. The van der Waals surface area contributed by atoms with Crippen molar-refractivity contribution in [2.75, 3.05) is 13.6 Å². The summed E-state index contributed by atoms with van der Waals surface area (Å²) in [5.74, 6) is -1.97. The van der Waals surface area contributed by atoms with E-state index in [0.717, 1.165) is 63.5 Å². The van der Waals surface area contributed by atoms with Crippen molar-refractivity contribution < 1.29 is 25.2 Å². The summed E-state index contributed by atoms with van der Waals surface area (Å²) >= 11 is 0. The van der Waals surface area contributed by atoms with Crippen molar-refractivity contribution in [2.45, 2.75) is 134 Å². The quantitative estimate of drug-likeness (QED) is 0.131. The molecule has 0 aromatic carbocycles. The Kier molecular flexibility index (Phi) is 15.6. The minimum atomic E-state index is -0.997. The van der Waals surface area contributed by atoms with Crippen LogP contribution in [0.15, 0.2) is 18.3 Å². The van der Waals surface area contributed by atoms with Crippen molar-refractivity contribution >= 4 is 5.97 Å². The summed E-state index contributed by atoms with van der Waals surface area (Å²) in [5.41, 5.74) is 0.0324. The van der Waals surface area contributed by atoms with E-state index in [-0.39, 0.29) is 24.4 Å². The summed E-state index contributed by atoms with van der Waals surface area (Å²) in [5, 5.41) is 46.0. The summed E-state index contributed by atoms with van der Waals surface area (Å²) in [6.45, 7) is 2.74. The number of nitrogens with one attached hydrogen (secondary N) is 1. The molecule has 1 aliphatic rings. The predicted octanol–water partition coefficient (Wildman–Crippen LogP) is 5.07. The van der Waals surface area contributed by atoms with Gasteiger partial charge in [0.2, 0.25) is 0 Å². The zero-order valence-electron chi connectivity index (χ0n) is 24.0. The van der Waals surface area contributed by atoms with Gasteiger partial charge in [-0.05, 0) is 57.9 Å². The minimum Gasteiger partial charge on any atom is -0.668 e. The normalized spacial score (nSPS) is 22.8. The molecule has 0 amide bonds. The van der Waals surface area contributed by atoms with Gasteiger partial charge in [0.25, 0.3) is 0 Å². The number of unbranched alkanes of at least 4 members (excludes halogenated alkanes) is 7. The Balaban J connectivity index is 1.78. The molecule has 1 aliphatic carbocycles. The number of carbonyl (C=O) groups is 1. The van der Waals surface area contributed by atoms with Crippen LogP contribution in [0, 0.1) is 17.8 Å². The van der Waals surface area contributed by atoms with Gasteiger partial charge in [-0.3, -0.25) is 4.79 Å². The van der Waals surface area contributed by atoms with Crippen molar-refractivity contribution in [1.29, 1.82) is 0 Å². The average Bonchev–Trinajstić information content (AvgIpc) is 3.53. The highest BCUT2D eigenvalue weighted by molar-refractivity contribution is 5.70. The Morgan fingerprint density at radius 1 is 1.08 bits per heavy atom. The second-order valence-electron chi connectivity index (χ2n) is 11.8. The van der Waals surface area contributed by atoms with Crippen LogP contribution in [0.4, 0.5) is 0 Å². The molecule has 5 N–H and O–H groups in total. The van der Waals surface area contributed by atoms with E-state index in [1.807, 2.05) is 19.2 Å². The van der Waals surface area contributed by atoms with Crippen LogP contribution in [-0.2, 0) is 11.2 Å².